The molecule has 1 aromatic heterocycles. The van der Waals surface area contributed by atoms with Gasteiger partial charge in [-0.2, -0.15) is 0 Å². The van der Waals surface area contributed by atoms with Crippen LogP contribution in [-0.4, -0.2) is 9.55 Å². The van der Waals surface area contributed by atoms with E-state index in [0.717, 1.165) is 11.3 Å². The molecule has 0 aliphatic carbocycles. The van der Waals surface area contributed by atoms with Gasteiger partial charge < -0.3 is 10.3 Å². The molecule has 3 heteroatoms. The maximum Gasteiger partial charge on any atom is 0.131 e. The molecule has 0 bridgehead atoms. The molecule has 0 saturated carbocycles. The summed E-state index contributed by atoms with van der Waals surface area (Å²) in [6, 6.07) is 6.29. The third-order valence-electron chi connectivity index (χ3n) is 2.62. The maximum absolute atomic E-state index is 5.94. The van der Waals surface area contributed by atoms with E-state index in [2.05, 4.69) is 37.0 Å². The van der Waals surface area contributed by atoms with Gasteiger partial charge in [0.15, 0.2) is 0 Å². The van der Waals surface area contributed by atoms with E-state index in [4.69, 9.17) is 5.73 Å². The molecule has 0 fully saturated rings. The van der Waals surface area contributed by atoms with Crippen LogP contribution in [0.25, 0.3) is 11.3 Å². The highest BCUT2D eigenvalue weighted by molar-refractivity contribution is 5.73. The number of nitrogen functional groups attached to an aromatic ring is 1. The molecule has 0 spiro atoms. The van der Waals surface area contributed by atoms with Gasteiger partial charge in [-0.05, 0) is 19.4 Å². The van der Waals surface area contributed by atoms with Crippen LogP contribution in [0, 0.1) is 13.8 Å². The summed E-state index contributed by atoms with van der Waals surface area (Å²) in [5.41, 5.74) is 10.4. The van der Waals surface area contributed by atoms with Gasteiger partial charge in [0.05, 0.1) is 6.33 Å². The minimum absolute atomic E-state index is 0.710. The minimum atomic E-state index is 0.710. The summed E-state index contributed by atoms with van der Waals surface area (Å²) in [6.45, 7) is 4.16. The fraction of sp³-hybridized carbons (Fsp3) is 0.250. The summed E-state index contributed by atoms with van der Waals surface area (Å²) >= 11 is 0. The number of nitrogens with two attached hydrogens (primary N) is 1. The molecule has 0 aliphatic rings. The number of imidazole rings is 1. The first-order valence-corrected chi connectivity index (χ1v) is 4.94. The second kappa shape index (κ2) is 3.42. The molecule has 0 atom stereocenters. The third kappa shape index (κ3) is 1.61. The van der Waals surface area contributed by atoms with Crippen LogP contribution in [0.1, 0.15) is 11.1 Å². The number of anilines is 1. The minimum Gasteiger partial charge on any atom is -0.383 e. The Labute approximate surface area is 89.6 Å². The van der Waals surface area contributed by atoms with Gasteiger partial charge in [0.1, 0.15) is 11.5 Å². The molecule has 1 aromatic carbocycles. The summed E-state index contributed by atoms with van der Waals surface area (Å²) in [5.74, 6) is 0.710. The zero-order valence-electron chi connectivity index (χ0n) is 9.28. The van der Waals surface area contributed by atoms with Crippen molar-refractivity contribution in [2.24, 2.45) is 7.05 Å². The van der Waals surface area contributed by atoms with E-state index in [1.54, 1.807) is 6.33 Å². The van der Waals surface area contributed by atoms with Crippen LogP contribution in [0.4, 0.5) is 5.82 Å². The molecule has 0 radical (unpaired) electrons. The Kier molecular flexibility index (Phi) is 2.23. The number of hydrogen-bond acceptors (Lipinski definition) is 2. The molecule has 1 heterocycles. The lowest BCUT2D eigenvalue weighted by Gasteiger charge is -2.05. The van der Waals surface area contributed by atoms with E-state index in [9.17, 15) is 0 Å². The predicted molar refractivity (Wildman–Crippen MR) is 62.5 cm³/mol. The molecule has 0 saturated heterocycles. The summed E-state index contributed by atoms with van der Waals surface area (Å²) in [7, 11) is 1.90. The second-order valence-corrected chi connectivity index (χ2v) is 3.91. The molecule has 2 N–H and O–H groups in total. The molecular formula is C12H15N3. The number of hydrogen-bond donors (Lipinski definition) is 1. The van der Waals surface area contributed by atoms with E-state index in [0.29, 0.717) is 5.82 Å². The Morgan fingerprint density at radius 1 is 1.27 bits per heavy atom. The highest BCUT2D eigenvalue weighted by Crippen LogP contribution is 2.27. The lowest BCUT2D eigenvalue weighted by atomic mass is 10.0. The van der Waals surface area contributed by atoms with Crippen LogP contribution in [0.15, 0.2) is 24.5 Å². The Morgan fingerprint density at radius 2 is 2.00 bits per heavy atom. The van der Waals surface area contributed by atoms with Crippen molar-refractivity contribution in [2.75, 3.05) is 5.73 Å². The largest absolute Gasteiger partial charge is 0.383 e. The van der Waals surface area contributed by atoms with Crippen molar-refractivity contribution < 1.29 is 0 Å². The Morgan fingerprint density at radius 3 is 2.53 bits per heavy atom. The average molecular weight is 201 g/mol. The number of rotatable bonds is 1. The maximum atomic E-state index is 5.94. The smallest absolute Gasteiger partial charge is 0.131 e. The summed E-state index contributed by atoms with van der Waals surface area (Å²) in [4.78, 5) is 4.31. The number of aromatic nitrogens is 2. The van der Waals surface area contributed by atoms with Crippen molar-refractivity contribution >= 4 is 5.82 Å². The molecule has 0 amide bonds. The van der Waals surface area contributed by atoms with Crippen molar-refractivity contribution in [3.8, 4) is 11.3 Å². The normalized spacial score (nSPS) is 10.6. The van der Waals surface area contributed by atoms with Crippen LogP contribution in [0.2, 0.25) is 0 Å². The SMILES string of the molecule is Cc1ccc(-c2ncn(C)c2N)c(C)c1. The fourth-order valence-electron chi connectivity index (χ4n) is 1.73. The Balaban J connectivity index is 2.59. The van der Waals surface area contributed by atoms with E-state index < -0.39 is 0 Å². The van der Waals surface area contributed by atoms with Gasteiger partial charge in [0.25, 0.3) is 0 Å². The highest BCUT2D eigenvalue weighted by Gasteiger charge is 2.09. The lowest BCUT2D eigenvalue weighted by molar-refractivity contribution is 0.925. The summed E-state index contributed by atoms with van der Waals surface area (Å²) in [6.07, 6.45) is 1.74. The molecule has 2 aromatic rings. The average Bonchev–Trinajstić information content (AvgIpc) is 2.49. The van der Waals surface area contributed by atoms with Crippen LogP contribution in [0.5, 0.6) is 0 Å². The van der Waals surface area contributed by atoms with Crippen LogP contribution >= 0.6 is 0 Å². The summed E-state index contributed by atoms with van der Waals surface area (Å²) in [5, 5.41) is 0. The molecule has 0 unspecified atom stereocenters. The Hall–Kier alpha value is -1.77. The zero-order chi connectivity index (χ0) is 11.0. The molecule has 3 nitrogen and oxygen atoms in total. The van der Waals surface area contributed by atoms with Gasteiger partial charge in [0.2, 0.25) is 0 Å². The topological polar surface area (TPSA) is 43.8 Å². The number of nitrogens with zero attached hydrogens (tertiary/aromatic N) is 2. The Bertz CT molecular complexity index is 498. The molecule has 2 rings (SSSR count). The first-order chi connectivity index (χ1) is 7.09. The van der Waals surface area contributed by atoms with Crippen LogP contribution in [-0.2, 0) is 7.05 Å². The summed E-state index contributed by atoms with van der Waals surface area (Å²) < 4.78 is 1.83. The molecule has 0 aliphatic heterocycles. The third-order valence-corrected chi connectivity index (χ3v) is 2.62. The van der Waals surface area contributed by atoms with E-state index in [1.807, 2.05) is 11.6 Å². The predicted octanol–water partition coefficient (Wildman–Crippen LogP) is 2.29. The molecular weight excluding hydrogens is 186 g/mol. The number of benzene rings is 1. The van der Waals surface area contributed by atoms with Gasteiger partial charge in [-0.3, -0.25) is 0 Å². The number of aryl methyl sites for hydroxylation is 3. The van der Waals surface area contributed by atoms with Crippen LogP contribution < -0.4 is 5.73 Å². The zero-order valence-corrected chi connectivity index (χ0v) is 9.28. The van der Waals surface area contributed by atoms with Crippen molar-refractivity contribution in [3.05, 3.63) is 35.7 Å². The fourth-order valence-corrected chi connectivity index (χ4v) is 1.73. The lowest BCUT2D eigenvalue weighted by Crippen LogP contribution is -1.96. The highest BCUT2D eigenvalue weighted by atomic mass is 15.1. The first kappa shape index (κ1) is 9.77. The van der Waals surface area contributed by atoms with Crippen LogP contribution in [0.3, 0.4) is 0 Å². The monoisotopic (exact) mass is 201 g/mol. The van der Waals surface area contributed by atoms with Gasteiger partial charge in [-0.15, -0.1) is 0 Å². The van der Waals surface area contributed by atoms with Crippen molar-refractivity contribution in [1.29, 1.82) is 0 Å². The van der Waals surface area contributed by atoms with E-state index >= 15 is 0 Å². The van der Waals surface area contributed by atoms with Gasteiger partial charge in [-0.25, -0.2) is 4.98 Å². The van der Waals surface area contributed by atoms with Crippen molar-refractivity contribution in [3.63, 3.8) is 0 Å². The second-order valence-electron chi connectivity index (χ2n) is 3.91. The first-order valence-electron chi connectivity index (χ1n) is 4.94. The molecule has 15 heavy (non-hydrogen) atoms. The molecule has 78 valence electrons. The van der Waals surface area contributed by atoms with Gasteiger partial charge in [-0.1, -0.05) is 23.8 Å². The van der Waals surface area contributed by atoms with Crippen molar-refractivity contribution in [1.82, 2.24) is 9.55 Å². The van der Waals surface area contributed by atoms with Gasteiger partial charge >= 0.3 is 0 Å². The van der Waals surface area contributed by atoms with E-state index in [1.165, 1.54) is 11.1 Å². The quantitative estimate of drug-likeness (QED) is 0.769. The standard InChI is InChI=1S/C12H15N3/c1-8-4-5-10(9(2)6-8)11-12(13)15(3)7-14-11/h4-7H,13H2,1-3H3. The van der Waals surface area contributed by atoms with E-state index in [-0.39, 0.29) is 0 Å². The van der Waals surface area contributed by atoms with Crippen molar-refractivity contribution in [2.45, 2.75) is 13.8 Å². The van der Waals surface area contributed by atoms with Gasteiger partial charge in [0, 0.05) is 12.6 Å².